The molecule has 3 aromatic rings. The molecule has 3 heterocycles. The van der Waals surface area contributed by atoms with Crippen molar-refractivity contribution in [1.82, 2.24) is 9.55 Å². The highest BCUT2D eigenvalue weighted by atomic mass is 32.2. The number of nitrogens with one attached hydrogen (secondary N) is 1. The van der Waals surface area contributed by atoms with Crippen LogP contribution in [0.15, 0.2) is 70.9 Å². The maximum Gasteiger partial charge on any atom is 0.273 e. The smallest absolute Gasteiger partial charge is 0.273 e. The summed E-state index contributed by atoms with van der Waals surface area (Å²) in [5, 5.41) is 19.6. The van der Waals surface area contributed by atoms with Crippen LogP contribution in [0.4, 0.5) is 11.5 Å². The molecule has 148 valence electrons. The van der Waals surface area contributed by atoms with Gasteiger partial charge in [0.1, 0.15) is 11.8 Å². The van der Waals surface area contributed by atoms with Crippen molar-refractivity contribution in [3.63, 3.8) is 0 Å². The van der Waals surface area contributed by atoms with Crippen LogP contribution in [0, 0.1) is 11.3 Å². The van der Waals surface area contributed by atoms with Gasteiger partial charge in [-0.25, -0.2) is 4.98 Å². The highest BCUT2D eigenvalue weighted by molar-refractivity contribution is 7.99. The van der Waals surface area contributed by atoms with Gasteiger partial charge < -0.3 is 9.88 Å². The second-order valence-corrected chi connectivity index (χ2v) is 8.08. The monoisotopic (exact) mass is 414 g/mol. The third kappa shape index (κ3) is 3.23. The van der Waals surface area contributed by atoms with Crippen molar-refractivity contribution in [3.8, 4) is 6.07 Å². The fourth-order valence-electron chi connectivity index (χ4n) is 3.76. The van der Waals surface area contributed by atoms with Gasteiger partial charge in [-0.15, -0.1) is 0 Å². The number of hydrogen-bond acceptors (Lipinski definition) is 6. The lowest BCUT2D eigenvalue weighted by atomic mass is 10.0. The Labute approximate surface area is 178 Å². The van der Waals surface area contributed by atoms with Crippen LogP contribution in [-0.2, 0) is 11.3 Å². The zero-order valence-corrected chi connectivity index (χ0v) is 16.8. The largest absolute Gasteiger partial charge is 0.308 e. The van der Waals surface area contributed by atoms with Crippen molar-refractivity contribution in [2.24, 2.45) is 5.10 Å². The van der Waals surface area contributed by atoms with Crippen molar-refractivity contribution in [2.75, 3.05) is 16.1 Å². The lowest BCUT2D eigenvalue weighted by Gasteiger charge is -2.23. The fourth-order valence-corrected chi connectivity index (χ4v) is 4.71. The minimum atomic E-state index is -0.326. The number of imidazole rings is 1. The van der Waals surface area contributed by atoms with Crippen LogP contribution in [0.3, 0.4) is 0 Å². The van der Waals surface area contributed by atoms with Crippen molar-refractivity contribution >= 4 is 34.9 Å². The maximum atomic E-state index is 13.0. The summed E-state index contributed by atoms with van der Waals surface area (Å²) in [5.41, 5.74) is 2.81. The van der Waals surface area contributed by atoms with Crippen LogP contribution < -0.4 is 10.3 Å². The van der Waals surface area contributed by atoms with Gasteiger partial charge in [0, 0.05) is 18.7 Å². The van der Waals surface area contributed by atoms with E-state index in [0.29, 0.717) is 23.6 Å². The SMILES string of the molecule is N#Cc1c(NC(=O)C2=NN(c3ccccc3)C(c3ccccc3)C2)nc2n1CCS2. The van der Waals surface area contributed by atoms with Gasteiger partial charge in [0.25, 0.3) is 5.91 Å². The first-order chi connectivity index (χ1) is 14.7. The standard InChI is InChI=1S/C22H18N6OS/c23-14-19-20(25-22-27(19)11-12-30-22)24-21(29)17-13-18(15-7-3-1-4-8-15)28(26-17)16-9-5-2-6-10-16/h1-10,18H,11-13H2,(H,24,29). The summed E-state index contributed by atoms with van der Waals surface area (Å²) in [5.74, 6) is 0.873. The molecule has 1 atom stereocenters. The number of amides is 1. The first kappa shape index (κ1) is 18.5. The molecule has 0 fully saturated rings. The Kier molecular flexibility index (Phi) is 4.73. The molecule has 0 saturated heterocycles. The fraction of sp³-hybridized carbons (Fsp3) is 0.182. The molecule has 0 spiro atoms. The Morgan fingerprint density at radius 3 is 2.60 bits per heavy atom. The summed E-state index contributed by atoms with van der Waals surface area (Å²) < 4.78 is 1.85. The zero-order chi connectivity index (χ0) is 20.5. The molecule has 0 radical (unpaired) electrons. The number of nitriles is 1. The van der Waals surface area contributed by atoms with Crippen LogP contribution in [-0.4, -0.2) is 26.9 Å². The van der Waals surface area contributed by atoms with E-state index in [-0.39, 0.29) is 11.9 Å². The average Bonchev–Trinajstić information content (AvgIpc) is 3.49. The lowest BCUT2D eigenvalue weighted by molar-refractivity contribution is -0.110. The van der Waals surface area contributed by atoms with Gasteiger partial charge in [0.15, 0.2) is 16.7 Å². The molecule has 5 rings (SSSR count). The molecule has 1 unspecified atom stereocenters. The normalized spacial score (nSPS) is 17.4. The number of benzene rings is 2. The van der Waals surface area contributed by atoms with E-state index >= 15 is 0 Å². The molecule has 2 aliphatic heterocycles. The Bertz CT molecular complexity index is 1170. The molecule has 0 aliphatic carbocycles. The number of rotatable bonds is 4. The number of carbonyl (C=O) groups is 1. The minimum absolute atomic E-state index is 0.0765. The number of para-hydroxylation sites is 1. The van der Waals surface area contributed by atoms with E-state index < -0.39 is 0 Å². The van der Waals surface area contributed by atoms with E-state index in [9.17, 15) is 10.1 Å². The second kappa shape index (κ2) is 7.69. The summed E-state index contributed by atoms with van der Waals surface area (Å²) in [6, 6.07) is 21.9. The quantitative estimate of drug-likeness (QED) is 0.702. The number of carbonyl (C=O) groups excluding carboxylic acids is 1. The van der Waals surface area contributed by atoms with Crippen LogP contribution in [0.25, 0.3) is 0 Å². The Balaban J connectivity index is 1.44. The molecule has 0 bridgehead atoms. The molecular formula is C22H18N6OS. The summed E-state index contributed by atoms with van der Waals surface area (Å²) in [6.45, 7) is 0.727. The van der Waals surface area contributed by atoms with E-state index in [1.807, 2.05) is 70.2 Å². The van der Waals surface area contributed by atoms with Gasteiger partial charge in [0.05, 0.1) is 11.7 Å². The summed E-state index contributed by atoms with van der Waals surface area (Å²) in [4.78, 5) is 17.5. The number of fused-ring (bicyclic) bond motifs is 1. The van der Waals surface area contributed by atoms with E-state index in [2.05, 4.69) is 21.5 Å². The van der Waals surface area contributed by atoms with Gasteiger partial charge in [-0.05, 0) is 17.7 Å². The number of thioether (sulfide) groups is 1. The number of anilines is 2. The number of nitrogens with zero attached hydrogens (tertiary/aromatic N) is 5. The molecule has 2 aromatic carbocycles. The molecular weight excluding hydrogens is 396 g/mol. The van der Waals surface area contributed by atoms with Crippen LogP contribution >= 0.6 is 11.8 Å². The van der Waals surface area contributed by atoms with Crippen molar-refractivity contribution in [2.45, 2.75) is 24.2 Å². The molecule has 1 N–H and O–H groups in total. The topological polar surface area (TPSA) is 86.3 Å². The summed E-state index contributed by atoms with van der Waals surface area (Å²) in [6.07, 6.45) is 0.467. The summed E-state index contributed by atoms with van der Waals surface area (Å²) >= 11 is 1.58. The first-order valence-corrected chi connectivity index (χ1v) is 10.6. The van der Waals surface area contributed by atoms with E-state index in [1.54, 1.807) is 11.8 Å². The van der Waals surface area contributed by atoms with E-state index in [4.69, 9.17) is 0 Å². The molecule has 8 heteroatoms. The third-order valence-electron chi connectivity index (χ3n) is 5.19. The molecule has 1 aromatic heterocycles. The molecule has 1 amide bonds. The Hall–Kier alpha value is -3.57. The van der Waals surface area contributed by atoms with Crippen LogP contribution in [0.1, 0.15) is 23.7 Å². The highest BCUT2D eigenvalue weighted by Gasteiger charge is 2.33. The highest BCUT2D eigenvalue weighted by Crippen LogP contribution is 2.35. The molecule has 0 saturated carbocycles. The first-order valence-electron chi connectivity index (χ1n) is 9.66. The van der Waals surface area contributed by atoms with Gasteiger partial charge in [0.2, 0.25) is 0 Å². The predicted octanol–water partition coefficient (Wildman–Crippen LogP) is 3.81. The Morgan fingerprint density at radius 2 is 1.87 bits per heavy atom. The van der Waals surface area contributed by atoms with E-state index in [1.165, 1.54) is 0 Å². The van der Waals surface area contributed by atoms with Gasteiger partial charge >= 0.3 is 0 Å². The second-order valence-electron chi connectivity index (χ2n) is 7.02. The van der Waals surface area contributed by atoms with Crippen molar-refractivity contribution in [1.29, 1.82) is 5.26 Å². The van der Waals surface area contributed by atoms with Gasteiger partial charge in [-0.3, -0.25) is 9.80 Å². The minimum Gasteiger partial charge on any atom is -0.308 e. The molecule has 30 heavy (non-hydrogen) atoms. The van der Waals surface area contributed by atoms with Crippen molar-refractivity contribution < 1.29 is 4.79 Å². The summed E-state index contributed by atoms with van der Waals surface area (Å²) in [7, 11) is 0. The molecule has 7 nitrogen and oxygen atoms in total. The lowest BCUT2D eigenvalue weighted by Crippen LogP contribution is -2.22. The number of aromatic nitrogens is 2. The number of hydrazone groups is 1. The Morgan fingerprint density at radius 1 is 1.13 bits per heavy atom. The average molecular weight is 414 g/mol. The van der Waals surface area contributed by atoms with Crippen LogP contribution in [0.5, 0.6) is 0 Å². The van der Waals surface area contributed by atoms with Gasteiger partial charge in [-0.1, -0.05) is 60.3 Å². The van der Waals surface area contributed by atoms with Gasteiger partial charge in [-0.2, -0.15) is 10.4 Å². The van der Waals surface area contributed by atoms with Crippen LogP contribution in [0.2, 0.25) is 0 Å². The van der Waals surface area contributed by atoms with Crippen molar-refractivity contribution in [3.05, 3.63) is 71.9 Å². The zero-order valence-electron chi connectivity index (χ0n) is 16.0. The third-order valence-corrected chi connectivity index (χ3v) is 6.15. The predicted molar refractivity (Wildman–Crippen MR) is 116 cm³/mol. The number of hydrogen-bond donors (Lipinski definition) is 1. The molecule has 2 aliphatic rings. The van der Waals surface area contributed by atoms with E-state index in [0.717, 1.165) is 28.7 Å². The maximum absolute atomic E-state index is 13.0.